The lowest BCUT2D eigenvalue weighted by molar-refractivity contribution is -0.146. The fourth-order valence-corrected chi connectivity index (χ4v) is 2.52. The number of carbonyl (C=O) groups excluding carboxylic acids is 2. The average Bonchev–Trinajstić information content (AvgIpc) is 2.65. The Hall–Kier alpha value is -2.54. The van der Waals surface area contributed by atoms with Gasteiger partial charge >= 0.3 is 5.97 Å². The number of amides is 1. The van der Waals surface area contributed by atoms with Gasteiger partial charge in [0.25, 0.3) is 0 Å². The van der Waals surface area contributed by atoms with Gasteiger partial charge in [-0.05, 0) is 37.6 Å². The highest BCUT2D eigenvalue weighted by molar-refractivity contribution is 5.92. The minimum Gasteiger partial charge on any atom is -0.493 e. The van der Waals surface area contributed by atoms with Crippen molar-refractivity contribution in [2.45, 2.75) is 26.9 Å². The standard InChI is InChI=1S/C20H29NO6/c1-6-27-17-9-7-16(11-18(17)25-4)8-10-19(23)21(13-15(3)22)12-14(2)20(24)26-5/h7-11,14-15,22H,6,12-13H2,1-5H3/b10-8+. The molecule has 1 aromatic carbocycles. The third-order valence-electron chi connectivity index (χ3n) is 3.80. The van der Waals surface area contributed by atoms with Crippen LogP contribution in [0.25, 0.3) is 6.08 Å². The highest BCUT2D eigenvalue weighted by atomic mass is 16.5. The number of hydrogen-bond donors (Lipinski definition) is 1. The molecule has 0 radical (unpaired) electrons. The third kappa shape index (κ3) is 7.30. The Labute approximate surface area is 160 Å². The van der Waals surface area contributed by atoms with Gasteiger partial charge in [0.05, 0.1) is 32.8 Å². The summed E-state index contributed by atoms with van der Waals surface area (Å²) in [5.74, 6) is 0.00695. The number of carbonyl (C=O) groups is 2. The molecule has 2 atom stereocenters. The Morgan fingerprint density at radius 1 is 1.19 bits per heavy atom. The Kier molecular flexibility index (Phi) is 9.36. The Morgan fingerprint density at radius 3 is 2.44 bits per heavy atom. The monoisotopic (exact) mass is 379 g/mol. The van der Waals surface area contributed by atoms with Gasteiger partial charge < -0.3 is 24.2 Å². The highest BCUT2D eigenvalue weighted by Crippen LogP contribution is 2.28. The quantitative estimate of drug-likeness (QED) is 0.495. The molecule has 150 valence electrons. The molecule has 0 saturated heterocycles. The number of hydrogen-bond acceptors (Lipinski definition) is 6. The zero-order valence-corrected chi connectivity index (χ0v) is 16.6. The van der Waals surface area contributed by atoms with Crippen LogP contribution < -0.4 is 9.47 Å². The first-order valence-corrected chi connectivity index (χ1v) is 8.86. The number of aliphatic hydroxyl groups is 1. The van der Waals surface area contributed by atoms with Crippen molar-refractivity contribution in [3.05, 3.63) is 29.8 Å². The molecule has 1 N–H and O–H groups in total. The fourth-order valence-electron chi connectivity index (χ4n) is 2.52. The van der Waals surface area contributed by atoms with Crippen molar-refractivity contribution in [3.8, 4) is 11.5 Å². The molecule has 0 aliphatic rings. The summed E-state index contributed by atoms with van der Waals surface area (Å²) in [6.45, 7) is 5.96. The summed E-state index contributed by atoms with van der Waals surface area (Å²) < 4.78 is 15.5. The van der Waals surface area contributed by atoms with Gasteiger partial charge in [-0.1, -0.05) is 13.0 Å². The maximum absolute atomic E-state index is 12.5. The molecule has 0 fully saturated rings. The van der Waals surface area contributed by atoms with Gasteiger partial charge in [0.15, 0.2) is 11.5 Å². The van der Waals surface area contributed by atoms with E-state index in [1.54, 1.807) is 39.2 Å². The predicted molar refractivity (Wildman–Crippen MR) is 103 cm³/mol. The number of methoxy groups -OCH3 is 2. The van der Waals surface area contributed by atoms with Crippen molar-refractivity contribution in [2.24, 2.45) is 5.92 Å². The first-order valence-electron chi connectivity index (χ1n) is 8.86. The maximum Gasteiger partial charge on any atom is 0.310 e. The molecule has 2 unspecified atom stereocenters. The summed E-state index contributed by atoms with van der Waals surface area (Å²) in [5.41, 5.74) is 0.765. The molecule has 1 amide bonds. The van der Waals surface area contributed by atoms with Crippen LogP contribution in [0.5, 0.6) is 11.5 Å². The Balaban J connectivity index is 2.91. The number of esters is 1. The van der Waals surface area contributed by atoms with Crippen LogP contribution in [0.4, 0.5) is 0 Å². The SMILES string of the molecule is CCOc1ccc(/C=C/C(=O)N(CC(C)O)CC(C)C(=O)OC)cc1OC. The zero-order valence-electron chi connectivity index (χ0n) is 16.6. The number of rotatable bonds is 10. The second-order valence-corrected chi connectivity index (χ2v) is 6.19. The first kappa shape index (κ1) is 22.5. The van der Waals surface area contributed by atoms with Crippen molar-refractivity contribution in [2.75, 3.05) is 33.9 Å². The Bertz CT molecular complexity index is 656. The molecule has 27 heavy (non-hydrogen) atoms. The van der Waals surface area contributed by atoms with Gasteiger partial charge in [-0.25, -0.2) is 0 Å². The summed E-state index contributed by atoms with van der Waals surface area (Å²) in [4.78, 5) is 25.6. The minimum atomic E-state index is -0.710. The first-order chi connectivity index (χ1) is 12.8. The second kappa shape index (κ2) is 11.2. The number of nitrogens with zero attached hydrogens (tertiary/aromatic N) is 1. The van der Waals surface area contributed by atoms with Crippen LogP contribution in [-0.4, -0.2) is 61.9 Å². The van der Waals surface area contributed by atoms with Gasteiger partial charge in [0, 0.05) is 19.2 Å². The van der Waals surface area contributed by atoms with Crippen molar-refractivity contribution in [1.29, 1.82) is 0 Å². The van der Waals surface area contributed by atoms with Gasteiger partial charge in [-0.2, -0.15) is 0 Å². The van der Waals surface area contributed by atoms with Gasteiger partial charge in [-0.3, -0.25) is 9.59 Å². The molecule has 1 rings (SSSR count). The molecular weight excluding hydrogens is 350 g/mol. The van der Waals surface area contributed by atoms with E-state index in [0.29, 0.717) is 18.1 Å². The minimum absolute atomic E-state index is 0.122. The molecule has 7 heteroatoms. The van der Waals surface area contributed by atoms with Gasteiger partial charge in [0.1, 0.15) is 0 Å². The molecular formula is C20H29NO6. The van der Waals surface area contributed by atoms with E-state index in [1.165, 1.54) is 18.1 Å². The van der Waals surface area contributed by atoms with E-state index >= 15 is 0 Å². The van der Waals surface area contributed by atoms with Crippen molar-refractivity contribution in [1.82, 2.24) is 4.90 Å². The molecule has 0 heterocycles. The molecule has 0 aliphatic carbocycles. The average molecular weight is 379 g/mol. The number of benzene rings is 1. The molecule has 0 aromatic heterocycles. The second-order valence-electron chi connectivity index (χ2n) is 6.19. The maximum atomic E-state index is 12.5. The van der Waals surface area contributed by atoms with Crippen LogP contribution >= 0.6 is 0 Å². The predicted octanol–water partition coefficient (Wildman–Crippen LogP) is 2.13. The third-order valence-corrected chi connectivity index (χ3v) is 3.80. The van der Waals surface area contributed by atoms with Crippen LogP contribution in [0.15, 0.2) is 24.3 Å². The largest absolute Gasteiger partial charge is 0.493 e. The zero-order chi connectivity index (χ0) is 20.4. The molecule has 7 nitrogen and oxygen atoms in total. The van der Waals surface area contributed by atoms with Crippen LogP contribution in [0, 0.1) is 5.92 Å². The lowest BCUT2D eigenvalue weighted by atomic mass is 10.1. The van der Waals surface area contributed by atoms with Crippen molar-refractivity contribution < 1.29 is 28.9 Å². The van der Waals surface area contributed by atoms with Crippen molar-refractivity contribution >= 4 is 18.0 Å². The Morgan fingerprint density at radius 2 is 1.89 bits per heavy atom. The van der Waals surface area contributed by atoms with E-state index in [1.807, 2.05) is 13.0 Å². The smallest absolute Gasteiger partial charge is 0.310 e. The van der Waals surface area contributed by atoms with E-state index < -0.39 is 18.0 Å². The number of aliphatic hydroxyl groups excluding tert-OH is 1. The van der Waals surface area contributed by atoms with Crippen molar-refractivity contribution in [3.63, 3.8) is 0 Å². The lowest BCUT2D eigenvalue weighted by Crippen LogP contribution is -2.40. The summed E-state index contributed by atoms with van der Waals surface area (Å²) in [5, 5.41) is 9.65. The fraction of sp³-hybridized carbons (Fsp3) is 0.500. The van der Waals surface area contributed by atoms with E-state index in [9.17, 15) is 14.7 Å². The van der Waals surface area contributed by atoms with Gasteiger partial charge in [-0.15, -0.1) is 0 Å². The molecule has 0 saturated carbocycles. The van der Waals surface area contributed by atoms with Crippen LogP contribution in [0.2, 0.25) is 0 Å². The summed E-state index contributed by atoms with van der Waals surface area (Å²) in [7, 11) is 2.86. The summed E-state index contributed by atoms with van der Waals surface area (Å²) >= 11 is 0. The molecule has 0 spiro atoms. The highest BCUT2D eigenvalue weighted by Gasteiger charge is 2.21. The summed E-state index contributed by atoms with van der Waals surface area (Å²) in [6.07, 6.45) is 2.35. The lowest BCUT2D eigenvalue weighted by Gasteiger charge is -2.25. The van der Waals surface area contributed by atoms with E-state index in [4.69, 9.17) is 14.2 Å². The van der Waals surface area contributed by atoms with Gasteiger partial charge in [0.2, 0.25) is 5.91 Å². The van der Waals surface area contributed by atoms with Crippen LogP contribution in [-0.2, 0) is 14.3 Å². The van der Waals surface area contributed by atoms with E-state index in [2.05, 4.69) is 0 Å². The molecule has 1 aromatic rings. The molecule has 0 bridgehead atoms. The topological polar surface area (TPSA) is 85.3 Å². The molecule has 0 aliphatic heterocycles. The summed E-state index contributed by atoms with van der Waals surface area (Å²) in [6, 6.07) is 5.36. The van der Waals surface area contributed by atoms with E-state index in [-0.39, 0.29) is 19.0 Å². The normalized spacial score (nSPS) is 13.1. The van der Waals surface area contributed by atoms with Crippen LogP contribution in [0.1, 0.15) is 26.3 Å². The van der Waals surface area contributed by atoms with Crippen LogP contribution in [0.3, 0.4) is 0 Å². The number of ether oxygens (including phenoxy) is 3. The van der Waals surface area contributed by atoms with E-state index in [0.717, 1.165) is 5.56 Å².